The number of fused-ring (bicyclic) bond motifs is 1. The van der Waals surface area contributed by atoms with Crippen molar-refractivity contribution in [2.24, 2.45) is 5.73 Å². The van der Waals surface area contributed by atoms with Gasteiger partial charge < -0.3 is 15.8 Å². The fourth-order valence-corrected chi connectivity index (χ4v) is 3.71. The van der Waals surface area contributed by atoms with Crippen LogP contribution >= 0.6 is 11.3 Å². The number of carbonyl (C=O) groups excluding carboxylic acids is 2. The largest absolute Gasteiger partial charge is 0.497 e. The van der Waals surface area contributed by atoms with Crippen molar-refractivity contribution in [3.05, 3.63) is 52.5 Å². The maximum absolute atomic E-state index is 12.3. The Balaban J connectivity index is 1.75. The van der Waals surface area contributed by atoms with Crippen LogP contribution in [-0.4, -0.2) is 29.1 Å². The van der Waals surface area contributed by atoms with Crippen molar-refractivity contribution >= 4 is 39.8 Å². The number of methoxy groups -OCH3 is 1. The van der Waals surface area contributed by atoms with Crippen molar-refractivity contribution in [2.75, 3.05) is 12.4 Å². The highest BCUT2D eigenvalue weighted by atomic mass is 32.1. The Kier molecular flexibility index (Phi) is 3.81. The molecule has 3 aromatic rings. The summed E-state index contributed by atoms with van der Waals surface area (Å²) in [5, 5.41) is 10.5. The number of benzene rings is 1. The number of nitrogens with one attached hydrogen (secondary N) is 2. The van der Waals surface area contributed by atoms with E-state index < -0.39 is 5.91 Å². The topological polar surface area (TPSA) is 110 Å². The number of carbonyl (C=O) groups is 2. The van der Waals surface area contributed by atoms with Crippen LogP contribution in [0.25, 0.3) is 22.9 Å². The van der Waals surface area contributed by atoms with Crippen LogP contribution in [0.15, 0.2) is 36.5 Å². The Bertz CT molecular complexity index is 1050. The van der Waals surface area contributed by atoms with Crippen molar-refractivity contribution in [3.8, 4) is 17.0 Å². The van der Waals surface area contributed by atoms with Crippen LogP contribution in [0.2, 0.25) is 0 Å². The highest BCUT2D eigenvalue weighted by Gasteiger charge is 2.28. The van der Waals surface area contributed by atoms with E-state index in [0.717, 1.165) is 16.9 Å². The molecule has 0 saturated heterocycles. The average molecular weight is 366 g/mol. The van der Waals surface area contributed by atoms with Gasteiger partial charge in [0, 0.05) is 22.9 Å². The summed E-state index contributed by atoms with van der Waals surface area (Å²) in [5.74, 6) is 0.0191. The highest BCUT2D eigenvalue weighted by molar-refractivity contribution is 7.18. The average Bonchev–Trinajstić information content (AvgIpc) is 3.32. The molecule has 1 aliphatic rings. The van der Waals surface area contributed by atoms with E-state index >= 15 is 0 Å². The van der Waals surface area contributed by atoms with E-state index in [4.69, 9.17) is 10.5 Å². The van der Waals surface area contributed by atoms with E-state index in [-0.39, 0.29) is 5.91 Å². The van der Waals surface area contributed by atoms with Crippen molar-refractivity contribution < 1.29 is 14.3 Å². The van der Waals surface area contributed by atoms with E-state index in [0.29, 0.717) is 26.7 Å². The van der Waals surface area contributed by atoms with Crippen molar-refractivity contribution in [1.82, 2.24) is 10.2 Å². The Morgan fingerprint density at radius 2 is 2.08 bits per heavy atom. The summed E-state index contributed by atoms with van der Waals surface area (Å²) in [6.07, 6.45) is 3.47. The molecule has 0 unspecified atom stereocenters. The van der Waals surface area contributed by atoms with E-state index in [1.54, 1.807) is 25.4 Å². The predicted molar refractivity (Wildman–Crippen MR) is 99.9 cm³/mol. The molecule has 7 nitrogen and oxygen atoms in total. The number of hydrogen-bond donors (Lipinski definition) is 3. The number of rotatable bonds is 4. The Morgan fingerprint density at radius 1 is 1.31 bits per heavy atom. The maximum Gasteiger partial charge on any atom is 0.258 e. The van der Waals surface area contributed by atoms with Crippen LogP contribution in [0.3, 0.4) is 0 Å². The molecule has 130 valence electrons. The zero-order chi connectivity index (χ0) is 18.3. The van der Waals surface area contributed by atoms with Crippen molar-refractivity contribution in [3.63, 3.8) is 0 Å². The number of aromatic nitrogens is 2. The van der Waals surface area contributed by atoms with Gasteiger partial charge in [-0.3, -0.25) is 14.7 Å². The molecule has 4 rings (SSSR count). The maximum atomic E-state index is 12.3. The number of primary amides is 1. The van der Waals surface area contributed by atoms with Gasteiger partial charge in [-0.05, 0) is 36.4 Å². The monoisotopic (exact) mass is 366 g/mol. The molecule has 1 aromatic carbocycles. The zero-order valence-electron chi connectivity index (χ0n) is 13.7. The first-order valence-electron chi connectivity index (χ1n) is 7.72. The second kappa shape index (κ2) is 6.16. The van der Waals surface area contributed by atoms with Gasteiger partial charge in [0.05, 0.1) is 23.3 Å². The third-order valence-electron chi connectivity index (χ3n) is 4.07. The molecule has 0 fully saturated rings. The third kappa shape index (κ3) is 2.66. The molecule has 0 saturated carbocycles. The van der Waals surface area contributed by atoms with Gasteiger partial charge >= 0.3 is 0 Å². The van der Waals surface area contributed by atoms with Crippen molar-refractivity contribution in [2.45, 2.75) is 0 Å². The highest BCUT2D eigenvalue weighted by Crippen LogP contribution is 2.40. The molecule has 1 aliphatic heterocycles. The molecule has 0 bridgehead atoms. The van der Waals surface area contributed by atoms with Gasteiger partial charge in [0.15, 0.2) is 0 Å². The second-order valence-corrected chi connectivity index (χ2v) is 6.70. The molecule has 4 N–H and O–H groups in total. The number of hydrogen-bond acceptors (Lipinski definition) is 5. The lowest BCUT2D eigenvalue weighted by Gasteiger charge is -2.02. The van der Waals surface area contributed by atoms with Crippen LogP contribution in [0.4, 0.5) is 5.00 Å². The number of H-pyrrole nitrogens is 1. The zero-order valence-corrected chi connectivity index (χ0v) is 14.5. The van der Waals surface area contributed by atoms with Gasteiger partial charge in [-0.15, -0.1) is 11.3 Å². The second-order valence-electron chi connectivity index (χ2n) is 5.65. The number of nitrogens with two attached hydrogens (primary N) is 1. The normalized spacial score (nSPS) is 14.3. The summed E-state index contributed by atoms with van der Waals surface area (Å²) < 4.78 is 5.17. The van der Waals surface area contributed by atoms with Crippen LogP contribution < -0.4 is 15.8 Å². The molecule has 0 spiro atoms. The Morgan fingerprint density at radius 3 is 2.77 bits per heavy atom. The SMILES string of the molecule is COc1ccc(-c2n[nH]cc2/C=C2\C(=O)Nc3sc(C(N)=O)cc32)cc1. The van der Waals surface area contributed by atoms with Gasteiger partial charge in [-0.2, -0.15) is 5.10 Å². The summed E-state index contributed by atoms with van der Waals surface area (Å²) in [6.45, 7) is 0. The van der Waals surface area contributed by atoms with Gasteiger partial charge in [0.2, 0.25) is 0 Å². The number of anilines is 1. The van der Waals surface area contributed by atoms with Crippen LogP contribution in [0.5, 0.6) is 5.75 Å². The lowest BCUT2D eigenvalue weighted by atomic mass is 10.0. The fourth-order valence-electron chi connectivity index (χ4n) is 2.79. The number of nitrogens with zero attached hydrogens (tertiary/aromatic N) is 1. The Hall–Kier alpha value is -3.39. The number of thiophene rings is 1. The molecular weight excluding hydrogens is 352 g/mol. The number of aromatic amines is 1. The summed E-state index contributed by atoms with van der Waals surface area (Å²) in [6, 6.07) is 9.12. The molecule has 8 heteroatoms. The molecule has 2 aromatic heterocycles. The van der Waals surface area contributed by atoms with E-state index in [1.165, 1.54) is 11.3 Å². The van der Waals surface area contributed by atoms with E-state index in [9.17, 15) is 9.59 Å². The minimum atomic E-state index is -0.514. The smallest absolute Gasteiger partial charge is 0.258 e. The van der Waals surface area contributed by atoms with E-state index in [2.05, 4.69) is 15.5 Å². The van der Waals surface area contributed by atoms with E-state index in [1.807, 2.05) is 24.3 Å². The lowest BCUT2D eigenvalue weighted by Crippen LogP contribution is -2.09. The summed E-state index contributed by atoms with van der Waals surface area (Å²) in [5.41, 5.74) is 8.85. The summed E-state index contributed by atoms with van der Waals surface area (Å²) in [4.78, 5) is 24.1. The standard InChI is InChI=1S/C18H14N4O3S/c1-25-11-4-2-9(3-5-11)15-10(8-20-22-15)6-12-13-7-14(16(19)23)26-18(13)21-17(12)24/h2-8H,1H3,(H2,19,23)(H,20,22)(H,21,24)/b12-6-. The first-order valence-corrected chi connectivity index (χ1v) is 8.53. The number of ether oxygens (including phenoxy) is 1. The molecule has 26 heavy (non-hydrogen) atoms. The van der Waals surface area contributed by atoms with Crippen LogP contribution in [0, 0.1) is 0 Å². The molecule has 0 aliphatic carbocycles. The Labute approximate surface area is 152 Å². The van der Waals surface area contributed by atoms with Crippen molar-refractivity contribution in [1.29, 1.82) is 0 Å². The molecule has 0 atom stereocenters. The molecular formula is C18H14N4O3S. The quantitative estimate of drug-likeness (QED) is 0.617. The van der Waals surface area contributed by atoms with Gasteiger partial charge in [-0.25, -0.2) is 0 Å². The minimum absolute atomic E-state index is 0.218. The first-order chi connectivity index (χ1) is 12.6. The third-order valence-corrected chi connectivity index (χ3v) is 5.13. The lowest BCUT2D eigenvalue weighted by molar-refractivity contribution is -0.110. The first kappa shape index (κ1) is 16.1. The fraction of sp³-hybridized carbons (Fsp3) is 0.0556. The molecule has 2 amide bonds. The van der Waals surface area contributed by atoms with Gasteiger partial charge in [-0.1, -0.05) is 0 Å². The van der Waals surface area contributed by atoms with Crippen LogP contribution in [0.1, 0.15) is 20.8 Å². The predicted octanol–water partition coefficient (Wildman–Crippen LogP) is 2.74. The minimum Gasteiger partial charge on any atom is -0.497 e. The molecule has 0 radical (unpaired) electrons. The summed E-state index contributed by atoms with van der Waals surface area (Å²) in [7, 11) is 1.61. The van der Waals surface area contributed by atoms with Crippen LogP contribution in [-0.2, 0) is 4.79 Å². The van der Waals surface area contributed by atoms with Gasteiger partial charge in [0.1, 0.15) is 10.8 Å². The number of amides is 2. The summed E-state index contributed by atoms with van der Waals surface area (Å²) >= 11 is 1.17. The molecule has 3 heterocycles. The van der Waals surface area contributed by atoms with Gasteiger partial charge in [0.25, 0.3) is 11.8 Å².